The zero-order valence-corrected chi connectivity index (χ0v) is 11.3. The van der Waals surface area contributed by atoms with Crippen LogP contribution in [0.5, 0.6) is 0 Å². The van der Waals surface area contributed by atoms with Crippen LogP contribution in [0.2, 0.25) is 0 Å². The summed E-state index contributed by atoms with van der Waals surface area (Å²) < 4.78 is 38.2. The molecule has 1 saturated heterocycles. The quantitative estimate of drug-likeness (QED) is 0.668. The molecule has 0 aliphatic carbocycles. The van der Waals surface area contributed by atoms with Crippen molar-refractivity contribution in [2.24, 2.45) is 11.7 Å². The van der Waals surface area contributed by atoms with Crippen LogP contribution < -0.4 is 10.6 Å². The highest BCUT2D eigenvalue weighted by atomic mass is 19.4. The summed E-state index contributed by atoms with van der Waals surface area (Å²) >= 11 is 0. The predicted octanol–water partition coefficient (Wildman–Crippen LogP) is 2.18. The van der Waals surface area contributed by atoms with Gasteiger partial charge in [-0.15, -0.1) is 0 Å². The van der Waals surface area contributed by atoms with Crippen molar-refractivity contribution in [2.45, 2.75) is 25.6 Å². The second-order valence-electron chi connectivity index (χ2n) is 5.19. The van der Waals surface area contributed by atoms with Gasteiger partial charge in [-0.05, 0) is 18.4 Å². The van der Waals surface area contributed by atoms with Crippen LogP contribution in [0.4, 0.5) is 24.5 Å². The molecule has 1 aromatic heterocycles. The topological polar surface area (TPSA) is 85.3 Å². The molecule has 1 aliphatic rings. The van der Waals surface area contributed by atoms with Crippen molar-refractivity contribution in [2.75, 3.05) is 18.0 Å². The summed E-state index contributed by atoms with van der Waals surface area (Å²) in [5.41, 5.74) is 4.24. The van der Waals surface area contributed by atoms with Crippen LogP contribution in [0.25, 0.3) is 0 Å². The Morgan fingerprint density at radius 3 is 2.71 bits per heavy atom. The van der Waals surface area contributed by atoms with Gasteiger partial charge in [0.2, 0.25) is 0 Å². The molecule has 116 valence electrons. The first-order valence-corrected chi connectivity index (χ1v) is 6.42. The van der Waals surface area contributed by atoms with Gasteiger partial charge in [-0.3, -0.25) is 10.1 Å². The summed E-state index contributed by atoms with van der Waals surface area (Å²) in [4.78, 5) is 14.9. The summed E-state index contributed by atoms with van der Waals surface area (Å²) in [5.74, 6) is 0.226. The molecule has 0 spiro atoms. The lowest BCUT2D eigenvalue weighted by atomic mass is 9.94. The molecule has 0 bridgehead atoms. The van der Waals surface area contributed by atoms with Crippen LogP contribution in [-0.2, 0) is 6.18 Å². The molecule has 0 radical (unpaired) electrons. The maximum absolute atomic E-state index is 12.7. The van der Waals surface area contributed by atoms with Crippen molar-refractivity contribution in [1.29, 1.82) is 0 Å². The van der Waals surface area contributed by atoms with E-state index >= 15 is 0 Å². The molecule has 1 fully saturated rings. The Labute approximate surface area is 118 Å². The summed E-state index contributed by atoms with van der Waals surface area (Å²) in [7, 11) is 0. The molecule has 0 aromatic carbocycles. The van der Waals surface area contributed by atoms with E-state index in [1.54, 1.807) is 0 Å². The third kappa shape index (κ3) is 3.23. The summed E-state index contributed by atoms with van der Waals surface area (Å²) in [6, 6.07) is 0.488. The third-order valence-electron chi connectivity index (χ3n) is 3.71. The zero-order chi connectivity index (χ0) is 15.8. The standard InChI is InChI=1S/C12H15F3N4O2/c1-7-2-3-18(6-8(7)16)9-4-11(12(13,14)15)17-5-10(9)19(20)21/h4-5,7-8H,2-3,6,16H2,1H3. The van der Waals surface area contributed by atoms with E-state index in [0.717, 1.165) is 6.07 Å². The SMILES string of the molecule is CC1CCN(c2cc(C(F)(F)F)ncc2[N+](=O)[O-])CC1N. The fourth-order valence-corrected chi connectivity index (χ4v) is 2.30. The van der Waals surface area contributed by atoms with E-state index in [2.05, 4.69) is 4.98 Å². The Morgan fingerprint density at radius 2 is 2.19 bits per heavy atom. The normalized spacial score (nSPS) is 23.2. The van der Waals surface area contributed by atoms with Crippen LogP contribution in [0.3, 0.4) is 0 Å². The van der Waals surface area contributed by atoms with Crippen LogP contribution in [0.1, 0.15) is 19.0 Å². The van der Waals surface area contributed by atoms with Crippen molar-refractivity contribution in [3.8, 4) is 0 Å². The monoisotopic (exact) mass is 304 g/mol. The van der Waals surface area contributed by atoms with E-state index in [4.69, 9.17) is 5.73 Å². The fourth-order valence-electron chi connectivity index (χ4n) is 2.30. The molecule has 1 aliphatic heterocycles. The van der Waals surface area contributed by atoms with Gasteiger partial charge in [0.15, 0.2) is 0 Å². The molecule has 1 aromatic rings. The van der Waals surface area contributed by atoms with Gasteiger partial charge in [0, 0.05) is 19.1 Å². The van der Waals surface area contributed by atoms with Gasteiger partial charge in [-0.2, -0.15) is 13.2 Å². The molecule has 0 saturated carbocycles. The van der Waals surface area contributed by atoms with Crippen LogP contribution >= 0.6 is 0 Å². The number of rotatable bonds is 2. The fraction of sp³-hybridized carbons (Fsp3) is 0.583. The minimum absolute atomic E-state index is 0.0790. The number of nitro groups is 1. The Balaban J connectivity index is 2.42. The van der Waals surface area contributed by atoms with Crippen LogP contribution in [-0.4, -0.2) is 29.0 Å². The molecule has 21 heavy (non-hydrogen) atoms. The highest BCUT2D eigenvalue weighted by Crippen LogP contribution is 2.36. The zero-order valence-electron chi connectivity index (χ0n) is 11.3. The van der Waals surface area contributed by atoms with Gasteiger partial charge >= 0.3 is 11.9 Å². The summed E-state index contributed by atoms with van der Waals surface area (Å²) in [6.07, 6.45) is -3.32. The van der Waals surface area contributed by atoms with Crippen molar-refractivity contribution in [3.63, 3.8) is 0 Å². The average molecular weight is 304 g/mol. The van der Waals surface area contributed by atoms with Crippen LogP contribution in [0.15, 0.2) is 12.3 Å². The van der Waals surface area contributed by atoms with E-state index in [9.17, 15) is 23.3 Å². The molecule has 6 nitrogen and oxygen atoms in total. The van der Waals surface area contributed by atoms with Crippen molar-refractivity contribution < 1.29 is 18.1 Å². The van der Waals surface area contributed by atoms with E-state index in [0.29, 0.717) is 19.2 Å². The second kappa shape index (κ2) is 5.47. The van der Waals surface area contributed by atoms with Gasteiger partial charge in [0.1, 0.15) is 17.6 Å². The summed E-state index contributed by atoms with van der Waals surface area (Å²) in [6.45, 7) is 2.66. The first-order valence-electron chi connectivity index (χ1n) is 6.42. The lowest BCUT2D eigenvalue weighted by molar-refractivity contribution is -0.384. The Morgan fingerprint density at radius 1 is 1.52 bits per heavy atom. The van der Waals surface area contributed by atoms with Crippen molar-refractivity contribution in [1.82, 2.24) is 4.98 Å². The number of hydrogen-bond acceptors (Lipinski definition) is 5. The van der Waals surface area contributed by atoms with Gasteiger partial charge in [0.05, 0.1) is 4.92 Å². The van der Waals surface area contributed by atoms with E-state index in [-0.39, 0.29) is 24.2 Å². The average Bonchev–Trinajstić information content (AvgIpc) is 2.40. The Bertz CT molecular complexity index is 550. The minimum atomic E-state index is -4.64. The van der Waals surface area contributed by atoms with E-state index in [1.165, 1.54) is 4.90 Å². The number of alkyl halides is 3. The number of pyridine rings is 1. The first kappa shape index (κ1) is 15.5. The highest BCUT2D eigenvalue weighted by molar-refractivity contribution is 5.63. The molecular weight excluding hydrogens is 289 g/mol. The molecule has 2 unspecified atom stereocenters. The molecule has 9 heteroatoms. The largest absolute Gasteiger partial charge is 0.433 e. The third-order valence-corrected chi connectivity index (χ3v) is 3.71. The lowest BCUT2D eigenvalue weighted by Crippen LogP contribution is -2.47. The number of aromatic nitrogens is 1. The number of piperidine rings is 1. The Hall–Kier alpha value is -1.90. The van der Waals surface area contributed by atoms with Gasteiger partial charge in [-0.1, -0.05) is 6.92 Å². The molecule has 2 N–H and O–H groups in total. The molecule has 2 rings (SSSR count). The van der Waals surface area contributed by atoms with Crippen molar-refractivity contribution in [3.05, 3.63) is 28.1 Å². The highest BCUT2D eigenvalue weighted by Gasteiger charge is 2.36. The molecule has 2 heterocycles. The number of halogens is 3. The number of anilines is 1. The minimum Gasteiger partial charge on any atom is -0.364 e. The maximum Gasteiger partial charge on any atom is 0.433 e. The number of nitrogens with zero attached hydrogens (tertiary/aromatic N) is 3. The lowest BCUT2D eigenvalue weighted by Gasteiger charge is -2.36. The van der Waals surface area contributed by atoms with E-state index in [1.807, 2.05) is 6.92 Å². The molecular formula is C12H15F3N4O2. The predicted molar refractivity (Wildman–Crippen MR) is 69.9 cm³/mol. The Kier molecular flexibility index (Phi) is 4.04. The summed E-state index contributed by atoms with van der Waals surface area (Å²) in [5, 5.41) is 11.0. The van der Waals surface area contributed by atoms with Gasteiger partial charge < -0.3 is 10.6 Å². The number of nitrogens with two attached hydrogens (primary N) is 1. The van der Waals surface area contributed by atoms with Gasteiger partial charge in [0.25, 0.3) is 0 Å². The van der Waals surface area contributed by atoms with Crippen LogP contribution in [0, 0.1) is 16.0 Å². The first-order chi connectivity index (χ1) is 9.70. The maximum atomic E-state index is 12.7. The second-order valence-corrected chi connectivity index (χ2v) is 5.19. The number of hydrogen-bond donors (Lipinski definition) is 1. The molecule has 0 amide bonds. The van der Waals surface area contributed by atoms with E-state index < -0.39 is 22.5 Å². The van der Waals surface area contributed by atoms with Crippen molar-refractivity contribution >= 4 is 11.4 Å². The van der Waals surface area contributed by atoms with Gasteiger partial charge in [-0.25, -0.2) is 4.98 Å². The smallest absolute Gasteiger partial charge is 0.364 e. The molecule has 2 atom stereocenters.